The lowest BCUT2D eigenvalue weighted by molar-refractivity contribution is -0.0480. The molecule has 1 unspecified atom stereocenters. The van der Waals surface area contributed by atoms with Gasteiger partial charge in [-0.2, -0.15) is 0 Å². The van der Waals surface area contributed by atoms with Gasteiger partial charge in [0.25, 0.3) is 0 Å². The first-order chi connectivity index (χ1) is 12.3. The molecule has 1 aliphatic heterocycles. The van der Waals surface area contributed by atoms with Gasteiger partial charge in [0.15, 0.2) is 0 Å². The molecule has 3 nitrogen and oxygen atoms in total. The van der Waals surface area contributed by atoms with Gasteiger partial charge in [0, 0.05) is 26.6 Å². The van der Waals surface area contributed by atoms with Crippen molar-refractivity contribution < 1.29 is 9.47 Å². The van der Waals surface area contributed by atoms with Crippen LogP contribution in [-0.4, -0.2) is 37.9 Å². The van der Waals surface area contributed by atoms with Crippen LogP contribution in [0.4, 0.5) is 0 Å². The molecule has 1 fully saturated rings. The Bertz CT molecular complexity index is 594. The minimum absolute atomic E-state index is 0.184. The summed E-state index contributed by atoms with van der Waals surface area (Å²) in [6.07, 6.45) is 4.74. The number of ether oxygens (including phenoxy) is 2. The maximum Gasteiger partial charge on any atom is 0.119 e. The van der Waals surface area contributed by atoms with Crippen molar-refractivity contribution in [1.29, 1.82) is 0 Å². The second-order valence-corrected chi connectivity index (χ2v) is 6.81. The average Bonchev–Trinajstić information content (AvgIpc) is 2.68. The second-order valence-electron chi connectivity index (χ2n) is 6.81. The number of benzene rings is 2. The predicted molar refractivity (Wildman–Crippen MR) is 102 cm³/mol. The number of methoxy groups -OCH3 is 1. The Labute approximate surface area is 151 Å². The lowest BCUT2D eigenvalue weighted by Gasteiger charge is -2.36. The summed E-state index contributed by atoms with van der Waals surface area (Å²) in [7, 11) is 1.83. The molecular weight excluding hydrogens is 310 g/mol. The second kappa shape index (κ2) is 9.59. The van der Waals surface area contributed by atoms with Crippen LogP contribution in [0.15, 0.2) is 60.7 Å². The van der Waals surface area contributed by atoms with Gasteiger partial charge >= 0.3 is 0 Å². The molecule has 0 saturated carbocycles. The van der Waals surface area contributed by atoms with Crippen LogP contribution in [0.2, 0.25) is 0 Å². The normalized spacial score (nSPS) is 17.3. The Morgan fingerprint density at radius 2 is 1.60 bits per heavy atom. The molecule has 2 aromatic rings. The molecule has 3 rings (SSSR count). The fraction of sp³-hybridized carbons (Fsp3) is 0.455. The SMILES string of the molecule is COC(Cc1ccccc1)N1CCC(CCOc2ccccc2)CC1. The maximum absolute atomic E-state index is 5.84. The van der Waals surface area contributed by atoms with Gasteiger partial charge in [0.1, 0.15) is 12.0 Å². The van der Waals surface area contributed by atoms with Gasteiger partial charge in [0.2, 0.25) is 0 Å². The Hall–Kier alpha value is -1.84. The number of rotatable bonds is 8. The molecule has 0 spiro atoms. The van der Waals surface area contributed by atoms with Crippen LogP contribution < -0.4 is 4.74 Å². The number of nitrogens with zero attached hydrogens (tertiary/aromatic N) is 1. The largest absolute Gasteiger partial charge is 0.494 e. The van der Waals surface area contributed by atoms with Gasteiger partial charge in [-0.15, -0.1) is 0 Å². The molecule has 1 saturated heterocycles. The number of hydrogen-bond acceptors (Lipinski definition) is 3. The van der Waals surface area contributed by atoms with E-state index in [1.54, 1.807) is 0 Å². The van der Waals surface area contributed by atoms with E-state index in [9.17, 15) is 0 Å². The highest BCUT2D eigenvalue weighted by Gasteiger charge is 2.25. The summed E-state index contributed by atoms with van der Waals surface area (Å²) in [5.74, 6) is 1.73. The van der Waals surface area contributed by atoms with Gasteiger partial charge in [0.05, 0.1) is 6.61 Å². The molecule has 0 radical (unpaired) electrons. The van der Waals surface area contributed by atoms with Crippen molar-refractivity contribution in [2.45, 2.75) is 31.9 Å². The van der Waals surface area contributed by atoms with E-state index in [-0.39, 0.29) is 6.23 Å². The minimum Gasteiger partial charge on any atom is -0.494 e. The summed E-state index contributed by atoms with van der Waals surface area (Å²) >= 11 is 0. The number of likely N-dealkylation sites (tertiary alicyclic amines) is 1. The molecule has 0 aliphatic carbocycles. The lowest BCUT2D eigenvalue weighted by Crippen LogP contribution is -2.43. The molecule has 1 heterocycles. The highest BCUT2D eigenvalue weighted by Crippen LogP contribution is 2.24. The Balaban J connectivity index is 1.40. The molecule has 0 N–H and O–H groups in total. The molecule has 0 amide bonds. The standard InChI is InChI=1S/C22H29NO2/c1-24-22(18-20-8-4-2-5-9-20)23-15-12-19(13-16-23)14-17-25-21-10-6-3-7-11-21/h2-11,19,22H,12-18H2,1H3. The van der Waals surface area contributed by atoms with Gasteiger partial charge in [-0.25, -0.2) is 0 Å². The van der Waals surface area contributed by atoms with Gasteiger partial charge < -0.3 is 9.47 Å². The fourth-order valence-electron chi connectivity index (χ4n) is 3.57. The maximum atomic E-state index is 5.84. The molecule has 0 bridgehead atoms. The van der Waals surface area contributed by atoms with Crippen molar-refractivity contribution in [3.8, 4) is 5.75 Å². The van der Waals surface area contributed by atoms with Crippen molar-refractivity contribution in [2.75, 3.05) is 26.8 Å². The van der Waals surface area contributed by atoms with E-state index in [1.165, 1.54) is 18.4 Å². The van der Waals surface area contributed by atoms with Crippen LogP contribution in [0, 0.1) is 5.92 Å². The molecule has 25 heavy (non-hydrogen) atoms. The summed E-state index contributed by atoms with van der Waals surface area (Å²) in [6, 6.07) is 20.7. The third kappa shape index (κ3) is 5.58. The fourth-order valence-corrected chi connectivity index (χ4v) is 3.57. The Morgan fingerprint density at radius 1 is 0.960 bits per heavy atom. The summed E-state index contributed by atoms with van der Waals surface area (Å²) in [4.78, 5) is 2.49. The lowest BCUT2D eigenvalue weighted by atomic mass is 9.93. The minimum atomic E-state index is 0.184. The van der Waals surface area contributed by atoms with E-state index < -0.39 is 0 Å². The first kappa shape index (κ1) is 18.0. The molecule has 1 aliphatic rings. The Morgan fingerprint density at radius 3 is 2.24 bits per heavy atom. The van der Waals surface area contributed by atoms with E-state index in [1.807, 2.05) is 37.4 Å². The van der Waals surface area contributed by atoms with Gasteiger partial charge in [-0.3, -0.25) is 4.90 Å². The molecule has 3 heteroatoms. The summed E-state index contributed by atoms with van der Waals surface area (Å²) in [5, 5.41) is 0. The average molecular weight is 339 g/mol. The highest BCUT2D eigenvalue weighted by molar-refractivity contribution is 5.20. The number of hydrogen-bond donors (Lipinski definition) is 0. The zero-order valence-corrected chi connectivity index (χ0v) is 15.1. The molecule has 2 aromatic carbocycles. The number of piperidine rings is 1. The van der Waals surface area contributed by atoms with Crippen LogP contribution >= 0.6 is 0 Å². The van der Waals surface area contributed by atoms with E-state index in [4.69, 9.17) is 9.47 Å². The van der Waals surface area contributed by atoms with Crippen LogP contribution in [0.25, 0.3) is 0 Å². The van der Waals surface area contributed by atoms with Crippen molar-refractivity contribution in [2.24, 2.45) is 5.92 Å². The number of para-hydroxylation sites is 1. The molecular formula is C22H29NO2. The monoisotopic (exact) mass is 339 g/mol. The van der Waals surface area contributed by atoms with E-state index in [0.717, 1.165) is 44.2 Å². The van der Waals surface area contributed by atoms with Crippen LogP contribution in [0.1, 0.15) is 24.8 Å². The smallest absolute Gasteiger partial charge is 0.119 e. The zero-order valence-electron chi connectivity index (χ0n) is 15.1. The third-order valence-corrected chi connectivity index (χ3v) is 5.12. The first-order valence-electron chi connectivity index (χ1n) is 9.34. The van der Waals surface area contributed by atoms with Crippen molar-refractivity contribution >= 4 is 0 Å². The molecule has 1 atom stereocenters. The van der Waals surface area contributed by atoms with Crippen LogP contribution in [0.3, 0.4) is 0 Å². The summed E-state index contributed by atoms with van der Waals surface area (Å²) in [6.45, 7) is 3.04. The van der Waals surface area contributed by atoms with Crippen LogP contribution in [-0.2, 0) is 11.2 Å². The zero-order chi connectivity index (χ0) is 17.3. The summed E-state index contributed by atoms with van der Waals surface area (Å²) < 4.78 is 11.6. The first-order valence-corrected chi connectivity index (χ1v) is 9.34. The van der Waals surface area contributed by atoms with Gasteiger partial charge in [-0.05, 0) is 42.9 Å². The van der Waals surface area contributed by atoms with Gasteiger partial charge in [-0.1, -0.05) is 48.5 Å². The summed E-state index contributed by atoms with van der Waals surface area (Å²) in [5.41, 5.74) is 1.34. The van der Waals surface area contributed by atoms with Crippen molar-refractivity contribution in [3.63, 3.8) is 0 Å². The Kier molecular flexibility index (Phi) is 6.89. The third-order valence-electron chi connectivity index (χ3n) is 5.12. The van der Waals surface area contributed by atoms with E-state index in [2.05, 4.69) is 35.2 Å². The highest BCUT2D eigenvalue weighted by atomic mass is 16.5. The topological polar surface area (TPSA) is 21.7 Å². The van der Waals surface area contributed by atoms with Crippen LogP contribution in [0.5, 0.6) is 5.75 Å². The quantitative estimate of drug-likeness (QED) is 0.712. The molecule has 0 aromatic heterocycles. The van der Waals surface area contributed by atoms with Crippen molar-refractivity contribution in [3.05, 3.63) is 66.2 Å². The molecule has 134 valence electrons. The van der Waals surface area contributed by atoms with Crippen molar-refractivity contribution in [1.82, 2.24) is 4.90 Å². The predicted octanol–water partition coefficient (Wildman–Crippen LogP) is 4.38. The van der Waals surface area contributed by atoms with E-state index >= 15 is 0 Å². The van der Waals surface area contributed by atoms with E-state index in [0.29, 0.717) is 0 Å².